The Labute approximate surface area is 240 Å². The molecule has 1 aliphatic carbocycles. The van der Waals surface area contributed by atoms with Crippen LogP contribution in [0.5, 0.6) is 0 Å². The molecule has 8 unspecified atom stereocenters. The van der Waals surface area contributed by atoms with Gasteiger partial charge >= 0.3 is 8.60 Å². The summed E-state index contributed by atoms with van der Waals surface area (Å²) >= 11 is 0. The van der Waals surface area contributed by atoms with E-state index in [4.69, 9.17) is 39.7 Å². The molecule has 5 aliphatic rings. The van der Waals surface area contributed by atoms with Crippen molar-refractivity contribution in [3.8, 4) is 0 Å². The first-order valence-electron chi connectivity index (χ1n) is 13.7. The van der Waals surface area contributed by atoms with E-state index in [0.29, 0.717) is 23.9 Å². The first kappa shape index (κ1) is 31.9. The molecule has 0 aromatic rings. The number of fused-ring (bicyclic) bond motifs is 4. The Morgan fingerprint density at radius 2 is 1.24 bits per heavy atom. The molecule has 4 aliphatic heterocycles. The average Bonchev–Trinajstić information content (AvgIpc) is 2.93. The molecule has 0 amide bonds. The summed E-state index contributed by atoms with van der Waals surface area (Å²) in [6, 6.07) is 0.821. The van der Waals surface area contributed by atoms with Crippen LogP contribution in [0.15, 0.2) is 22.4 Å². The SMILES string of the molecule is CC1=NN(C)C2CCC3CCC4CCC([N-]C4C3[N-]2)N(C)N=C(C)C2CC=CC1[N-]2.CO[PH+](OC)OC.[Co]. The van der Waals surface area contributed by atoms with Crippen LogP contribution in [0.25, 0.3) is 16.0 Å². The van der Waals surface area contributed by atoms with Gasteiger partial charge in [0.05, 0.1) is 21.3 Å². The van der Waals surface area contributed by atoms with Crippen molar-refractivity contribution >= 4 is 20.0 Å². The molecule has 4 heterocycles. The summed E-state index contributed by atoms with van der Waals surface area (Å²) < 4.78 is 14.1. The Hall–Kier alpha value is -0.624. The van der Waals surface area contributed by atoms with Crippen LogP contribution in [-0.4, -0.2) is 93.4 Å². The largest absolute Gasteiger partial charge is 0.643 e. The standard InChI is InChI=1S/C23H36N7.C3H10O3P.Co/c1-14-18-6-5-7-19(24-18)15(2)28-30(4)21-13-11-17-9-8-16-10-12-20(29(3)27-14)25-22(16)23(17)26-21;1-4-7(5-2)6-3;/h5-6,16-23H,7-13H2,1-4H3;7H,1-3H3;/q-3;+1;. The fourth-order valence-corrected chi connectivity index (χ4v) is 6.89. The number of hydrogen-bond acceptors (Lipinski definition) is 7. The van der Waals surface area contributed by atoms with E-state index in [0.717, 1.165) is 30.7 Å². The molecule has 0 spiro atoms. The van der Waals surface area contributed by atoms with E-state index in [1.54, 1.807) is 21.3 Å². The van der Waals surface area contributed by atoms with Gasteiger partial charge in [-0.05, 0) is 32.6 Å². The van der Waals surface area contributed by atoms with Crippen LogP contribution < -0.4 is 0 Å². The van der Waals surface area contributed by atoms with Crippen LogP contribution >= 0.6 is 8.60 Å². The zero-order valence-corrected chi connectivity index (χ0v) is 26.0. The molecule has 3 fully saturated rings. The van der Waals surface area contributed by atoms with Crippen LogP contribution in [0.3, 0.4) is 0 Å². The maximum Gasteiger partial charge on any atom is 0.397 e. The molecule has 0 aromatic heterocycles. The monoisotopic (exact) mass is 594 g/mol. The zero-order chi connectivity index (χ0) is 26.5. The summed E-state index contributed by atoms with van der Waals surface area (Å²) in [5.74, 6) is 1.37. The maximum absolute atomic E-state index is 5.36. The van der Waals surface area contributed by atoms with Crippen molar-refractivity contribution < 1.29 is 30.4 Å². The third-order valence-electron chi connectivity index (χ3n) is 8.43. The summed E-state index contributed by atoms with van der Waals surface area (Å²) in [7, 11) is 7.48. The third-order valence-corrected chi connectivity index (χ3v) is 9.43. The number of nitrogens with zero attached hydrogens (tertiary/aromatic N) is 7. The molecule has 10 nitrogen and oxygen atoms in total. The van der Waals surface area contributed by atoms with Crippen molar-refractivity contribution in [2.24, 2.45) is 22.0 Å². The van der Waals surface area contributed by atoms with E-state index in [2.05, 4.69) is 50.1 Å². The van der Waals surface area contributed by atoms with Gasteiger partial charge in [-0.3, -0.25) is 0 Å². The number of rotatable bonds is 3. The predicted molar refractivity (Wildman–Crippen MR) is 152 cm³/mol. The van der Waals surface area contributed by atoms with Crippen LogP contribution in [0.4, 0.5) is 0 Å². The second-order valence-electron chi connectivity index (χ2n) is 10.8. The topological polar surface area (TPSA) is 101 Å². The normalized spacial score (nSPS) is 36.7. The van der Waals surface area contributed by atoms with Gasteiger partial charge in [-0.2, -0.15) is 23.8 Å². The fraction of sp³-hybridized carbons (Fsp3) is 0.846. The van der Waals surface area contributed by atoms with Crippen LogP contribution in [-0.2, 0) is 30.4 Å². The molecule has 6 bridgehead atoms. The summed E-state index contributed by atoms with van der Waals surface area (Å²) in [6.07, 6.45) is 12.9. The van der Waals surface area contributed by atoms with Gasteiger partial charge in [-0.1, -0.05) is 68.5 Å². The Morgan fingerprint density at radius 3 is 1.71 bits per heavy atom. The molecule has 219 valence electrons. The summed E-state index contributed by atoms with van der Waals surface area (Å²) in [5.41, 5.74) is 2.11. The summed E-state index contributed by atoms with van der Waals surface area (Å²) in [5, 5.41) is 29.9. The van der Waals surface area contributed by atoms with E-state index in [1.807, 2.05) is 0 Å². The van der Waals surface area contributed by atoms with Crippen molar-refractivity contribution in [2.75, 3.05) is 35.4 Å². The van der Waals surface area contributed by atoms with Crippen molar-refractivity contribution in [2.45, 2.75) is 95.3 Å². The zero-order valence-electron chi connectivity index (χ0n) is 23.9. The number of hydrogen-bond donors (Lipinski definition) is 0. The number of piperidine rings is 2. The second-order valence-corrected chi connectivity index (χ2v) is 12.5. The molecular formula is C26H46CoN7O3P-2. The average molecular weight is 595 g/mol. The fourth-order valence-electron chi connectivity index (χ4n) is 6.39. The van der Waals surface area contributed by atoms with Gasteiger partial charge in [0.15, 0.2) is 0 Å². The minimum Gasteiger partial charge on any atom is -0.643 e. The molecule has 5 rings (SSSR count). The van der Waals surface area contributed by atoms with Crippen molar-refractivity contribution in [3.63, 3.8) is 0 Å². The summed E-state index contributed by atoms with van der Waals surface area (Å²) in [6.45, 7) is 4.21. The molecule has 0 aromatic carbocycles. The first-order chi connectivity index (χ1) is 17.8. The van der Waals surface area contributed by atoms with Crippen LogP contribution in [0.2, 0.25) is 0 Å². The first-order valence-corrected chi connectivity index (χ1v) is 14.9. The second kappa shape index (κ2) is 14.8. The number of hydrazone groups is 2. The van der Waals surface area contributed by atoms with Crippen LogP contribution in [0, 0.1) is 11.8 Å². The minimum atomic E-state index is -1.36. The quantitative estimate of drug-likeness (QED) is 0.325. The van der Waals surface area contributed by atoms with Gasteiger partial charge < -0.3 is 26.0 Å². The van der Waals surface area contributed by atoms with Gasteiger partial charge in [0, 0.05) is 42.3 Å². The Morgan fingerprint density at radius 1 is 0.763 bits per heavy atom. The summed E-state index contributed by atoms with van der Waals surface area (Å²) in [4.78, 5) is 0. The predicted octanol–water partition coefficient (Wildman–Crippen LogP) is 5.32. The van der Waals surface area contributed by atoms with E-state index < -0.39 is 8.60 Å². The van der Waals surface area contributed by atoms with E-state index in [-0.39, 0.29) is 41.2 Å². The molecule has 1 saturated carbocycles. The molecule has 12 heteroatoms. The Bertz CT molecular complexity index is 840. The minimum absolute atomic E-state index is 0. The van der Waals surface area contributed by atoms with Crippen molar-refractivity contribution in [1.29, 1.82) is 0 Å². The van der Waals surface area contributed by atoms with E-state index in [1.165, 1.54) is 25.7 Å². The molecule has 1 radical (unpaired) electrons. The van der Waals surface area contributed by atoms with Crippen molar-refractivity contribution in [3.05, 3.63) is 28.1 Å². The molecule has 8 atom stereocenters. The van der Waals surface area contributed by atoms with Gasteiger partial charge in [0.25, 0.3) is 0 Å². The van der Waals surface area contributed by atoms with Gasteiger partial charge in [-0.25, -0.2) is 0 Å². The van der Waals surface area contributed by atoms with E-state index >= 15 is 0 Å². The molecular weight excluding hydrogens is 548 g/mol. The van der Waals surface area contributed by atoms with Gasteiger partial charge in [-0.15, -0.1) is 18.2 Å². The molecule has 2 saturated heterocycles. The Balaban J connectivity index is 0.000000444. The molecule has 38 heavy (non-hydrogen) atoms. The van der Waals surface area contributed by atoms with Crippen LogP contribution in [0.1, 0.15) is 58.8 Å². The molecule has 0 N–H and O–H groups in total. The smallest absolute Gasteiger partial charge is 0.397 e. The van der Waals surface area contributed by atoms with Gasteiger partial charge in [0.2, 0.25) is 0 Å². The van der Waals surface area contributed by atoms with Crippen molar-refractivity contribution in [1.82, 2.24) is 10.0 Å². The Kier molecular flexibility index (Phi) is 12.5. The maximum atomic E-state index is 5.36. The van der Waals surface area contributed by atoms with E-state index in [9.17, 15) is 0 Å². The van der Waals surface area contributed by atoms with Gasteiger partial charge in [0.1, 0.15) is 0 Å². The third kappa shape index (κ3) is 7.56.